The van der Waals surface area contributed by atoms with E-state index in [1.54, 1.807) is 12.4 Å². The Morgan fingerprint density at radius 3 is 2.77 bits per heavy atom. The largest absolute Gasteiger partial charge is 0.434 e. The number of hydrogen-bond acceptors (Lipinski definition) is 8. The molecule has 7 rings (SSSR count). The van der Waals surface area contributed by atoms with Gasteiger partial charge in [-0.3, -0.25) is 4.98 Å². The lowest BCUT2D eigenvalue weighted by atomic mass is 9.83. The van der Waals surface area contributed by atoms with Crippen LogP contribution in [0.4, 0.5) is 5.95 Å². The molecule has 11 heteroatoms. The number of nitrogens with one attached hydrogen (secondary N) is 1. The van der Waals surface area contributed by atoms with E-state index in [0.29, 0.717) is 35.0 Å². The van der Waals surface area contributed by atoms with Crippen molar-refractivity contribution < 1.29 is 9.15 Å². The lowest BCUT2D eigenvalue weighted by Gasteiger charge is -2.39. The quantitative estimate of drug-likeness (QED) is 0.367. The molecule has 0 unspecified atom stereocenters. The smallest absolute Gasteiger partial charge is 0.386 e. The Bertz CT molecular complexity index is 1550. The van der Waals surface area contributed by atoms with Crippen LogP contribution in [0, 0.1) is 11.8 Å². The highest BCUT2D eigenvalue weighted by molar-refractivity contribution is 6.30. The van der Waals surface area contributed by atoms with Crippen LogP contribution in [0.1, 0.15) is 51.9 Å². The normalized spacial score (nSPS) is 25.3. The highest BCUT2D eigenvalue weighted by atomic mass is 35.5. The molecular formula is C28H32ClN7O3. The number of hydrogen-bond donors (Lipinski definition) is 1. The fourth-order valence-electron chi connectivity index (χ4n) is 6.67. The molecular weight excluding hydrogens is 518 g/mol. The van der Waals surface area contributed by atoms with Crippen LogP contribution in [0.2, 0.25) is 5.02 Å². The SMILES string of the molecule is CC1CCC(Cn2c(N3CCO[C@H]4CCC[C@@H]43)nc3cc(-c4n[nH]c(=O)o4)nc(-c4cncc(Cl)c4)c32)CC1. The van der Waals surface area contributed by atoms with E-state index in [2.05, 4.69) is 31.6 Å². The summed E-state index contributed by atoms with van der Waals surface area (Å²) in [6.07, 6.45) is 11.9. The van der Waals surface area contributed by atoms with E-state index in [-0.39, 0.29) is 12.0 Å². The van der Waals surface area contributed by atoms with Crippen molar-refractivity contribution in [3.05, 3.63) is 40.1 Å². The Hall–Kier alpha value is -3.24. The zero-order valence-electron chi connectivity index (χ0n) is 22.0. The third-order valence-corrected chi connectivity index (χ3v) is 8.86. The molecule has 5 heterocycles. The summed E-state index contributed by atoms with van der Waals surface area (Å²) in [7, 11) is 0. The van der Waals surface area contributed by atoms with E-state index in [1.165, 1.54) is 25.7 Å². The van der Waals surface area contributed by atoms with E-state index in [0.717, 1.165) is 60.8 Å². The van der Waals surface area contributed by atoms with E-state index >= 15 is 0 Å². The average Bonchev–Trinajstić information content (AvgIpc) is 3.68. The minimum Gasteiger partial charge on any atom is -0.386 e. The number of aromatic nitrogens is 6. The van der Waals surface area contributed by atoms with Crippen molar-refractivity contribution in [2.24, 2.45) is 11.8 Å². The molecule has 2 atom stereocenters. The summed E-state index contributed by atoms with van der Waals surface area (Å²) >= 11 is 6.39. The third kappa shape index (κ3) is 4.63. The molecule has 39 heavy (non-hydrogen) atoms. The summed E-state index contributed by atoms with van der Waals surface area (Å²) in [5.41, 5.74) is 3.62. The molecule has 1 N–H and O–H groups in total. The van der Waals surface area contributed by atoms with Crippen LogP contribution in [-0.4, -0.2) is 55.0 Å². The zero-order chi connectivity index (χ0) is 26.5. The van der Waals surface area contributed by atoms with Crippen molar-refractivity contribution in [1.82, 2.24) is 29.7 Å². The monoisotopic (exact) mass is 549 g/mol. The Morgan fingerprint density at radius 2 is 1.97 bits per heavy atom. The van der Waals surface area contributed by atoms with Crippen LogP contribution in [0.15, 0.2) is 33.7 Å². The summed E-state index contributed by atoms with van der Waals surface area (Å²) in [6, 6.07) is 4.04. The predicted octanol–water partition coefficient (Wildman–Crippen LogP) is 5.07. The fourth-order valence-corrected chi connectivity index (χ4v) is 6.85. The number of ether oxygens (including phenoxy) is 1. The van der Waals surface area contributed by atoms with Gasteiger partial charge in [0.15, 0.2) is 0 Å². The maximum atomic E-state index is 11.8. The second kappa shape index (κ2) is 10.1. The minimum atomic E-state index is -0.629. The molecule has 3 aliphatic rings. The number of imidazole rings is 1. The van der Waals surface area contributed by atoms with E-state index in [4.69, 9.17) is 30.7 Å². The van der Waals surface area contributed by atoms with Gasteiger partial charge in [0.05, 0.1) is 40.5 Å². The van der Waals surface area contributed by atoms with E-state index < -0.39 is 5.76 Å². The summed E-state index contributed by atoms with van der Waals surface area (Å²) in [6.45, 7) is 4.71. The van der Waals surface area contributed by atoms with E-state index in [1.807, 2.05) is 12.1 Å². The first kappa shape index (κ1) is 24.8. The van der Waals surface area contributed by atoms with Gasteiger partial charge in [-0.25, -0.2) is 19.9 Å². The highest BCUT2D eigenvalue weighted by Gasteiger charge is 2.39. The molecule has 0 amide bonds. The van der Waals surface area contributed by atoms with Gasteiger partial charge in [-0.05, 0) is 56.1 Å². The van der Waals surface area contributed by atoms with Gasteiger partial charge >= 0.3 is 5.76 Å². The van der Waals surface area contributed by atoms with Crippen LogP contribution in [0.25, 0.3) is 33.9 Å². The Morgan fingerprint density at radius 1 is 1.10 bits per heavy atom. The van der Waals surface area contributed by atoms with Gasteiger partial charge < -0.3 is 18.6 Å². The number of pyridine rings is 2. The van der Waals surface area contributed by atoms with Crippen molar-refractivity contribution in [1.29, 1.82) is 0 Å². The van der Waals surface area contributed by atoms with Crippen LogP contribution >= 0.6 is 11.6 Å². The highest BCUT2D eigenvalue weighted by Crippen LogP contribution is 2.40. The summed E-state index contributed by atoms with van der Waals surface area (Å²) in [4.78, 5) is 28.8. The molecule has 1 saturated heterocycles. The Kier molecular flexibility index (Phi) is 6.39. The molecule has 4 aromatic heterocycles. The number of halogens is 1. The summed E-state index contributed by atoms with van der Waals surface area (Å²) in [5.74, 6) is 1.79. The molecule has 10 nitrogen and oxygen atoms in total. The van der Waals surface area contributed by atoms with Gasteiger partial charge in [-0.2, -0.15) is 0 Å². The first-order chi connectivity index (χ1) is 19.0. The number of H-pyrrole nitrogens is 1. The lowest BCUT2D eigenvalue weighted by molar-refractivity contribution is 0.0247. The maximum absolute atomic E-state index is 11.8. The van der Waals surface area contributed by atoms with Gasteiger partial charge in [-0.15, -0.1) is 5.10 Å². The average molecular weight is 550 g/mol. The Balaban J connectivity index is 1.44. The van der Waals surface area contributed by atoms with Gasteiger partial charge in [0, 0.05) is 31.0 Å². The first-order valence-corrected chi connectivity index (χ1v) is 14.4. The second-order valence-electron chi connectivity index (χ2n) is 11.3. The number of nitrogens with zero attached hydrogens (tertiary/aromatic N) is 6. The van der Waals surface area contributed by atoms with Crippen LogP contribution < -0.4 is 10.7 Å². The Labute approximate surface area is 230 Å². The summed E-state index contributed by atoms with van der Waals surface area (Å²) < 4.78 is 13.8. The van der Waals surface area contributed by atoms with Crippen LogP contribution in [-0.2, 0) is 11.3 Å². The van der Waals surface area contributed by atoms with Crippen LogP contribution in [0.5, 0.6) is 0 Å². The van der Waals surface area contributed by atoms with Crippen molar-refractivity contribution in [2.45, 2.75) is 70.6 Å². The lowest BCUT2D eigenvalue weighted by Crippen LogP contribution is -2.49. The summed E-state index contributed by atoms with van der Waals surface area (Å²) in [5, 5.41) is 6.90. The van der Waals surface area contributed by atoms with Crippen molar-refractivity contribution in [2.75, 3.05) is 18.1 Å². The molecule has 0 radical (unpaired) electrons. The molecule has 2 aliphatic carbocycles. The number of rotatable bonds is 5. The minimum absolute atomic E-state index is 0.123. The molecule has 0 aromatic carbocycles. The fraction of sp³-hybridized carbons (Fsp3) is 0.536. The molecule has 204 valence electrons. The number of anilines is 1. The topological polar surface area (TPSA) is 115 Å². The van der Waals surface area contributed by atoms with Crippen molar-refractivity contribution >= 4 is 28.6 Å². The van der Waals surface area contributed by atoms with Gasteiger partial charge in [0.2, 0.25) is 5.95 Å². The van der Waals surface area contributed by atoms with Gasteiger partial charge in [0.25, 0.3) is 5.89 Å². The molecule has 2 saturated carbocycles. The number of morpholine rings is 1. The number of aromatic amines is 1. The maximum Gasteiger partial charge on any atom is 0.434 e. The van der Waals surface area contributed by atoms with Gasteiger partial charge in [0.1, 0.15) is 5.69 Å². The molecule has 0 bridgehead atoms. The molecule has 3 fully saturated rings. The van der Waals surface area contributed by atoms with Crippen molar-refractivity contribution in [3.8, 4) is 22.8 Å². The molecule has 4 aromatic rings. The van der Waals surface area contributed by atoms with E-state index in [9.17, 15) is 4.79 Å². The third-order valence-electron chi connectivity index (χ3n) is 8.66. The molecule has 1 aliphatic heterocycles. The zero-order valence-corrected chi connectivity index (χ0v) is 22.7. The standard InChI is InChI=1S/C28H32ClN7O3/c1-16-5-7-17(8-6-16)15-36-25-20(32-27(36)35-9-10-38-23-4-2-3-22(23)35)12-21(26-33-34-28(37)39-26)31-24(25)18-11-19(29)14-30-13-18/h11-14,16-17,22-23H,2-10,15H2,1H3,(H,34,37)/t16?,17?,22-,23-/m0/s1. The van der Waals surface area contributed by atoms with Crippen molar-refractivity contribution in [3.63, 3.8) is 0 Å². The first-order valence-electron chi connectivity index (χ1n) is 14.0. The van der Waals surface area contributed by atoms with Gasteiger partial charge in [-0.1, -0.05) is 31.4 Å². The predicted molar refractivity (Wildman–Crippen MR) is 148 cm³/mol. The number of fused-ring (bicyclic) bond motifs is 2. The second-order valence-corrected chi connectivity index (χ2v) is 11.7. The van der Waals surface area contributed by atoms with Crippen LogP contribution in [0.3, 0.4) is 0 Å². The molecule has 0 spiro atoms.